The summed E-state index contributed by atoms with van der Waals surface area (Å²) in [5.41, 5.74) is 5.23. The lowest BCUT2D eigenvalue weighted by Gasteiger charge is -2.35. The first-order valence-electron chi connectivity index (χ1n) is 12.9. The number of anilines is 1. The van der Waals surface area contributed by atoms with E-state index in [1.165, 1.54) is 12.8 Å². The number of aryl methyl sites for hydroxylation is 2. The fourth-order valence-corrected chi connectivity index (χ4v) is 4.51. The maximum Gasteiger partial charge on any atom is 0.490 e. The van der Waals surface area contributed by atoms with Crippen molar-refractivity contribution < 1.29 is 46.1 Å². The van der Waals surface area contributed by atoms with E-state index in [1.807, 2.05) is 38.2 Å². The largest absolute Gasteiger partial charge is 0.490 e. The van der Waals surface area contributed by atoms with Gasteiger partial charge in [-0.2, -0.15) is 31.4 Å². The second-order valence-electron chi connectivity index (χ2n) is 10.2. The summed E-state index contributed by atoms with van der Waals surface area (Å²) in [6, 6.07) is 7.89. The van der Waals surface area contributed by atoms with Crippen LogP contribution < -0.4 is 15.8 Å². The van der Waals surface area contributed by atoms with Crippen LogP contribution in [0, 0.1) is 13.8 Å². The van der Waals surface area contributed by atoms with Crippen LogP contribution in [0.1, 0.15) is 24.2 Å². The normalized spacial score (nSPS) is 15.8. The smallest absolute Gasteiger partial charge is 0.475 e. The number of carboxylic acid groups (broad SMARTS) is 2. The van der Waals surface area contributed by atoms with Gasteiger partial charge in [0.2, 0.25) is 0 Å². The number of aliphatic carboxylic acids is 2. The quantitative estimate of drug-likeness (QED) is 0.241. The number of aromatic amines is 1. The highest BCUT2D eigenvalue weighted by atomic mass is 19.4. The van der Waals surface area contributed by atoms with Gasteiger partial charge in [0.1, 0.15) is 5.69 Å². The van der Waals surface area contributed by atoms with Gasteiger partial charge < -0.3 is 25.4 Å². The minimum absolute atomic E-state index is 0.142. The monoisotopic (exact) mass is 629 g/mol. The van der Waals surface area contributed by atoms with E-state index in [-0.39, 0.29) is 11.1 Å². The second-order valence-corrected chi connectivity index (χ2v) is 10.2. The molecule has 2 aliphatic rings. The first-order chi connectivity index (χ1) is 20.4. The highest BCUT2D eigenvalue weighted by Gasteiger charge is 2.45. The number of piperazine rings is 1. The Hall–Kier alpha value is -4.74. The molecule has 236 valence electrons. The molecule has 0 bridgehead atoms. The van der Waals surface area contributed by atoms with Gasteiger partial charge in [-0.05, 0) is 51.0 Å². The van der Waals surface area contributed by atoms with Gasteiger partial charge in [0, 0.05) is 30.9 Å². The SMILES string of the molecule is Cc1cn2nc(-c3nc4ccc(N5CCNC6(CC6)C5)cc4c(=O)[nH]3)cc2c(C)n1.O=C(O)C(F)(F)F.O=C(O)C(F)(F)F. The van der Waals surface area contributed by atoms with Crippen LogP contribution in [-0.2, 0) is 9.59 Å². The van der Waals surface area contributed by atoms with E-state index < -0.39 is 24.3 Å². The molecule has 6 rings (SSSR count). The number of H-pyrrole nitrogens is 1. The molecular formula is C26H25F6N7O5. The Morgan fingerprint density at radius 1 is 0.977 bits per heavy atom. The summed E-state index contributed by atoms with van der Waals surface area (Å²) < 4.78 is 65.3. The van der Waals surface area contributed by atoms with Crippen molar-refractivity contribution in [1.29, 1.82) is 0 Å². The summed E-state index contributed by atoms with van der Waals surface area (Å²) in [6.07, 6.45) is -5.83. The Morgan fingerprint density at radius 2 is 1.59 bits per heavy atom. The maximum atomic E-state index is 12.9. The van der Waals surface area contributed by atoms with Crippen LogP contribution in [-0.4, -0.2) is 84.2 Å². The van der Waals surface area contributed by atoms with Crippen LogP contribution in [0.3, 0.4) is 0 Å². The minimum atomic E-state index is -5.08. The summed E-state index contributed by atoms with van der Waals surface area (Å²) in [5, 5.41) is 23.1. The van der Waals surface area contributed by atoms with Crippen LogP contribution in [0.15, 0.2) is 35.3 Å². The number of fused-ring (bicyclic) bond motifs is 2. The lowest BCUT2D eigenvalue weighted by Crippen LogP contribution is -2.52. The molecule has 0 radical (unpaired) electrons. The molecule has 0 amide bonds. The molecule has 1 aliphatic heterocycles. The topological polar surface area (TPSA) is 166 Å². The number of rotatable bonds is 2. The van der Waals surface area contributed by atoms with E-state index in [0.29, 0.717) is 22.4 Å². The third-order valence-corrected chi connectivity index (χ3v) is 6.77. The third kappa shape index (κ3) is 7.42. The van der Waals surface area contributed by atoms with Gasteiger partial charge >= 0.3 is 24.3 Å². The number of alkyl halides is 6. The summed E-state index contributed by atoms with van der Waals surface area (Å²) in [5.74, 6) is -5.04. The van der Waals surface area contributed by atoms with Gasteiger partial charge in [0.15, 0.2) is 5.82 Å². The first kappa shape index (κ1) is 32.2. The molecule has 44 heavy (non-hydrogen) atoms. The minimum Gasteiger partial charge on any atom is -0.475 e. The number of hydrogen-bond donors (Lipinski definition) is 4. The Balaban J connectivity index is 0.000000265. The maximum absolute atomic E-state index is 12.9. The molecule has 1 saturated heterocycles. The van der Waals surface area contributed by atoms with Crippen LogP contribution in [0.4, 0.5) is 32.0 Å². The molecule has 4 N–H and O–H groups in total. The number of halogens is 6. The number of aromatic nitrogens is 5. The predicted octanol–water partition coefficient (Wildman–Crippen LogP) is 3.46. The van der Waals surface area contributed by atoms with Crippen LogP contribution >= 0.6 is 0 Å². The summed E-state index contributed by atoms with van der Waals surface area (Å²) in [4.78, 5) is 45.2. The van der Waals surface area contributed by atoms with E-state index in [9.17, 15) is 31.1 Å². The third-order valence-electron chi connectivity index (χ3n) is 6.77. The van der Waals surface area contributed by atoms with Crippen molar-refractivity contribution in [2.24, 2.45) is 0 Å². The van der Waals surface area contributed by atoms with Gasteiger partial charge in [-0.15, -0.1) is 0 Å². The van der Waals surface area contributed by atoms with Crippen molar-refractivity contribution in [2.75, 3.05) is 24.5 Å². The number of nitrogens with zero attached hydrogens (tertiary/aromatic N) is 5. The molecular weight excluding hydrogens is 604 g/mol. The number of benzene rings is 1. The molecule has 1 saturated carbocycles. The van der Waals surface area contributed by atoms with Crippen molar-refractivity contribution >= 4 is 34.0 Å². The van der Waals surface area contributed by atoms with Crippen LogP contribution in [0.2, 0.25) is 0 Å². The first-order valence-corrected chi connectivity index (χ1v) is 12.9. The van der Waals surface area contributed by atoms with Crippen LogP contribution in [0.5, 0.6) is 0 Å². The van der Waals surface area contributed by atoms with Crippen molar-refractivity contribution in [3.05, 3.63) is 52.2 Å². The van der Waals surface area contributed by atoms with Crippen molar-refractivity contribution in [3.8, 4) is 11.5 Å². The van der Waals surface area contributed by atoms with E-state index in [4.69, 9.17) is 24.8 Å². The Bertz CT molecular complexity index is 1760. The zero-order valence-corrected chi connectivity index (χ0v) is 23.0. The second kappa shape index (κ2) is 11.7. The molecule has 12 nitrogen and oxygen atoms in total. The number of carboxylic acids is 2. The summed E-state index contributed by atoms with van der Waals surface area (Å²) in [6.45, 7) is 6.81. The molecule has 0 atom stereocenters. The summed E-state index contributed by atoms with van der Waals surface area (Å²) in [7, 11) is 0. The van der Waals surface area contributed by atoms with Crippen LogP contribution in [0.25, 0.3) is 27.9 Å². The Kier molecular flexibility index (Phi) is 8.59. The predicted molar refractivity (Wildman–Crippen MR) is 143 cm³/mol. The number of carbonyl (C=O) groups is 2. The summed E-state index contributed by atoms with van der Waals surface area (Å²) >= 11 is 0. The molecule has 4 aromatic rings. The highest BCUT2D eigenvalue weighted by Crippen LogP contribution is 2.39. The van der Waals surface area contributed by atoms with Gasteiger partial charge in [-0.25, -0.2) is 19.1 Å². The number of hydrogen-bond acceptors (Lipinski definition) is 8. The molecule has 0 unspecified atom stereocenters. The van der Waals surface area contributed by atoms with E-state index in [0.717, 1.165) is 42.2 Å². The average molecular weight is 630 g/mol. The lowest BCUT2D eigenvalue weighted by atomic mass is 10.1. The Labute approximate surface area is 243 Å². The van der Waals surface area contributed by atoms with Gasteiger partial charge in [-0.1, -0.05) is 0 Å². The fourth-order valence-electron chi connectivity index (χ4n) is 4.51. The fraction of sp³-hybridized carbons (Fsp3) is 0.385. The molecule has 1 spiro atoms. The molecule has 3 aromatic heterocycles. The molecule has 4 heterocycles. The highest BCUT2D eigenvalue weighted by molar-refractivity contribution is 5.83. The zero-order chi connectivity index (χ0) is 32.6. The van der Waals surface area contributed by atoms with Gasteiger partial charge in [0.05, 0.1) is 34.0 Å². The molecule has 1 aliphatic carbocycles. The van der Waals surface area contributed by atoms with Gasteiger partial charge in [0.25, 0.3) is 5.56 Å². The van der Waals surface area contributed by atoms with Crippen molar-refractivity contribution in [1.82, 2.24) is 29.9 Å². The zero-order valence-electron chi connectivity index (χ0n) is 23.0. The van der Waals surface area contributed by atoms with Gasteiger partial charge in [-0.3, -0.25) is 9.78 Å². The number of nitrogens with one attached hydrogen (secondary N) is 2. The molecule has 1 aromatic carbocycles. The Morgan fingerprint density at radius 3 is 2.16 bits per heavy atom. The van der Waals surface area contributed by atoms with E-state index >= 15 is 0 Å². The van der Waals surface area contributed by atoms with Crippen molar-refractivity contribution in [3.63, 3.8) is 0 Å². The van der Waals surface area contributed by atoms with E-state index in [1.54, 1.807) is 4.52 Å². The lowest BCUT2D eigenvalue weighted by molar-refractivity contribution is -0.193. The average Bonchev–Trinajstić information content (AvgIpc) is 3.51. The molecule has 2 fully saturated rings. The standard InChI is InChI=1S/C22H23N7O.2C2HF3O2/c1-13-11-29-19(14(2)24-13)10-18(27-29)20-25-17-4-3-15(9-16(17)21(30)26-20)28-8-7-23-22(12-28)5-6-22;2*3-2(4,5)1(6)7/h3-4,9-11,23H,5-8,12H2,1-2H3,(H,25,26,30);2*(H,6,7). The van der Waals surface area contributed by atoms with Crippen molar-refractivity contribution in [2.45, 2.75) is 44.6 Å². The van der Waals surface area contributed by atoms with E-state index in [2.05, 4.69) is 31.3 Å². The molecule has 18 heteroatoms.